The van der Waals surface area contributed by atoms with E-state index < -0.39 is 81.0 Å². The van der Waals surface area contributed by atoms with Crippen molar-refractivity contribution in [2.75, 3.05) is 40.3 Å². The first-order chi connectivity index (χ1) is 35.7. The summed E-state index contributed by atoms with van der Waals surface area (Å²) in [4.78, 5) is 56.8. The van der Waals surface area contributed by atoms with E-state index >= 15 is 0 Å². The summed E-state index contributed by atoms with van der Waals surface area (Å²) in [5, 5.41) is 33.7. The van der Waals surface area contributed by atoms with E-state index in [1.807, 2.05) is 53.7 Å². The van der Waals surface area contributed by atoms with Crippen LogP contribution >= 0.6 is 58.0 Å². The molecule has 2 aliphatic rings. The summed E-state index contributed by atoms with van der Waals surface area (Å²) in [6.45, 7) is 22.0. The van der Waals surface area contributed by atoms with Crippen LogP contribution in [0.4, 0.5) is 0 Å². The Bertz CT molecular complexity index is 2460. The van der Waals surface area contributed by atoms with E-state index in [-0.39, 0.29) is 117 Å². The van der Waals surface area contributed by atoms with Crippen molar-refractivity contribution in [1.82, 2.24) is 23.2 Å². The fourth-order valence-corrected chi connectivity index (χ4v) is 11.6. The van der Waals surface area contributed by atoms with Crippen LogP contribution in [-0.4, -0.2) is 118 Å². The van der Waals surface area contributed by atoms with E-state index in [1.54, 1.807) is 11.6 Å². The van der Waals surface area contributed by atoms with Crippen LogP contribution in [0.25, 0.3) is 0 Å². The van der Waals surface area contributed by atoms with Crippen molar-refractivity contribution in [1.29, 1.82) is 13.4 Å². The molecule has 2 aromatic heterocycles. The normalized spacial score (nSPS) is 20.7. The van der Waals surface area contributed by atoms with Gasteiger partial charge in [0, 0.05) is 78.0 Å². The molecule has 0 spiro atoms. The molecule has 0 aromatic carbocycles. The number of halogens is 1. The van der Waals surface area contributed by atoms with Gasteiger partial charge in [-0.3, -0.25) is 23.3 Å². The number of nitrogens with zero attached hydrogens (tertiary/aromatic N) is 9. The molecule has 418 valence electrons. The maximum Gasteiger partial charge on any atom is 2.00 e. The van der Waals surface area contributed by atoms with Gasteiger partial charge in [0.15, 0.2) is 9.03 Å². The number of ether oxygens (including phenoxy) is 2. The smallest absolute Gasteiger partial charge is 0.400 e. The van der Waals surface area contributed by atoms with Gasteiger partial charge in [0.05, 0.1) is 49.6 Å². The van der Waals surface area contributed by atoms with Crippen LogP contribution in [0.3, 0.4) is 0 Å². The molecule has 4 heterocycles. The summed E-state index contributed by atoms with van der Waals surface area (Å²) < 4.78 is 88.5. The Labute approximate surface area is 457 Å². The van der Waals surface area contributed by atoms with Crippen LogP contribution in [0, 0.1) is 50.4 Å². The van der Waals surface area contributed by atoms with Crippen molar-refractivity contribution < 1.29 is 66.8 Å². The second kappa shape index (κ2) is 42.9. The van der Waals surface area contributed by atoms with Crippen LogP contribution in [0.5, 0.6) is 0 Å². The van der Waals surface area contributed by atoms with Crippen molar-refractivity contribution in [3.63, 3.8) is 0 Å². The minimum absolute atomic E-state index is 0. The second-order valence-corrected chi connectivity index (χ2v) is 26.6. The van der Waals surface area contributed by atoms with Crippen molar-refractivity contribution in [2.45, 2.75) is 157 Å². The molecule has 73 heavy (non-hydrogen) atoms. The minimum Gasteiger partial charge on any atom is -0.400 e. The monoisotopic (exact) mass is 1220 g/mol. The van der Waals surface area contributed by atoms with Crippen LogP contribution in [0.15, 0.2) is 41.3 Å². The van der Waals surface area contributed by atoms with E-state index in [2.05, 4.69) is 33.8 Å². The van der Waals surface area contributed by atoms with E-state index in [0.29, 0.717) is 9.35 Å². The number of hydrogen-bond acceptors (Lipinski definition) is 18. The molecule has 31 heteroatoms. The molecule has 0 saturated carbocycles. The molecule has 0 aliphatic carbocycles. The Balaban J connectivity index is -0.000000483. The van der Waals surface area contributed by atoms with Crippen LogP contribution < -0.4 is 22.5 Å². The molecule has 10 atom stereocenters. The Morgan fingerprint density at radius 3 is 1.67 bits per heavy atom. The zero-order valence-corrected chi connectivity index (χ0v) is 50.7. The molecular formula is C42H76ClN9NiO14P6+2. The van der Waals surface area contributed by atoms with Gasteiger partial charge >= 0.3 is 59.0 Å². The van der Waals surface area contributed by atoms with Crippen molar-refractivity contribution in [3.05, 3.63) is 79.0 Å². The second-order valence-electron chi connectivity index (χ2n) is 15.1. The average molecular weight is 1220 g/mol. The predicted molar refractivity (Wildman–Crippen MR) is 288 cm³/mol. The van der Waals surface area contributed by atoms with Crippen LogP contribution in [0.2, 0.25) is 0 Å². The van der Waals surface area contributed by atoms with Crippen LogP contribution in [-0.2, 0) is 48.7 Å². The third-order valence-electron chi connectivity index (χ3n) is 8.52. The molecule has 0 amide bonds. The minimum atomic E-state index is -2.85. The van der Waals surface area contributed by atoms with E-state index in [9.17, 15) is 38.0 Å². The van der Waals surface area contributed by atoms with E-state index in [4.69, 9.17) is 45.9 Å². The first-order valence-corrected chi connectivity index (χ1v) is 32.1. The summed E-state index contributed by atoms with van der Waals surface area (Å²) in [5.74, 6) is 0. The van der Waals surface area contributed by atoms with Crippen molar-refractivity contribution >= 4 is 58.0 Å². The Morgan fingerprint density at radius 2 is 1.32 bits per heavy atom. The number of aliphatic hydroxyl groups excluding tert-OH is 3. The number of aromatic nitrogens is 4. The van der Waals surface area contributed by atoms with Gasteiger partial charge in [-0.15, -0.1) is 9.35 Å². The maximum atomic E-state index is 12.7. The Hall–Kier alpha value is -2.14. The van der Waals surface area contributed by atoms with Crippen molar-refractivity contribution in [3.8, 4) is 12.1 Å². The molecule has 2 aromatic rings. The molecule has 2 fully saturated rings. The number of aryl methyl sites for hydroxylation is 2. The molecule has 0 radical (unpaired) electrons. The summed E-state index contributed by atoms with van der Waals surface area (Å²) in [5.41, 5.74) is -2.04. The summed E-state index contributed by atoms with van der Waals surface area (Å²) in [6.07, 6.45) is 1.92. The zero-order chi connectivity index (χ0) is 59.3. The first kappa shape index (κ1) is 68.9. The molecule has 2 saturated heterocycles. The fourth-order valence-electron chi connectivity index (χ4n) is 5.84. The van der Waals surface area contributed by atoms with Gasteiger partial charge in [-0.2, -0.15) is 23.4 Å². The number of aliphatic hydroxyl groups is 3. The molecule has 2 aliphatic heterocycles. The third-order valence-corrected chi connectivity index (χ3v) is 15.7. The topological polar surface area (TPSA) is 312 Å². The molecule has 6 unspecified atom stereocenters. The average Bonchev–Trinajstić information content (AvgIpc) is 3.93. The van der Waals surface area contributed by atoms with E-state index in [1.165, 1.54) is 56.0 Å². The van der Waals surface area contributed by atoms with Gasteiger partial charge in [-0.05, 0) is 66.6 Å². The molecule has 3 N–H and O–H groups in total. The van der Waals surface area contributed by atoms with Gasteiger partial charge < -0.3 is 47.7 Å². The van der Waals surface area contributed by atoms with Gasteiger partial charge in [-0.25, -0.2) is 14.3 Å². The molecule has 23 nitrogen and oxygen atoms in total. The number of hydrogen-bond donors (Lipinski definition) is 3. The van der Waals surface area contributed by atoms with Gasteiger partial charge in [-0.1, -0.05) is 32.7 Å². The standard InChI is InChI=1S/C14H20N4O6P3.C11H16N3O5P2.C9H18ClN2OP.2C3H7.2CH4O.Ni/c1-9-8-17(14(20)18(13(9)19)16-25-27(3)21)12-7-11(10(2)23-12)24-26-22-6-4-5-15;1-6-5-13(9-4-8(15)7(2)19-9)11(17)14(10(6)16)12-20-21(3)18;1-8(2)12(9(3)4)14(10,13)7-5-6-11;2*1-3-2;2*1-2;/h8,10-12,26H,4,6-7H2,1-3H3;5,7-9,15H,4H2,1-3H3;8-9H,5,7H2,1-4H3;2*1,3H2,2H3;2*2H,1H3;/q2*+1;;2*-1;;;+2/t10-,11?,12-;7-,8?,9-;;;;;;/m11....../s1/i2*2D;;;;2*2T;. The Kier molecular flexibility index (Phi) is 40.5. The maximum absolute atomic E-state index is 12.7. The molecular weight excluding hydrogens is 1130 g/mol. The summed E-state index contributed by atoms with van der Waals surface area (Å²) >= 11 is 6.00. The first-order valence-electron chi connectivity index (χ1n) is 24.3. The Morgan fingerprint density at radius 1 is 0.918 bits per heavy atom. The third kappa shape index (κ3) is 28.7. The predicted octanol–water partition coefficient (Wildman–Crippen LogP) is 9.09. The van der Waals surface area contributed by atoms with Gasteiger partial charge in [0.1, 0.15) is 25.8 Å². The number of nitriles is 2. The molecule has 0 bridgehead atoms. The zero-order valence-electron chi connectivity index (χ0n) is 47.5. The van der Waals surface area contributed by atoms with Crippen molar-refractivity contribution in [2.24, 2.45) is 9.71 Å². The van der Waals surface area contributed by atoms with Crippen LogP contribution in [0.1, 0.15) is 120 Å². The molecule has 4 rings (SSSR count). The summed E-state index contributed by atoms with van der Waals surface area (Å²) in [7, 11) is -0.786. The summed E-state index contributed by atoms with van der Waals surface area (Å²) in [6, 6.07) is 4.20. The quantitative estimate of drug-likeness (QED) is 0.0610. The fraction of sp³-hybridized carbons (Fsp3) is 0.714. The van der Waals surface area contributed by atoms with Gasteiger partial charge in [0.2, 0.25) is 9.51 Å². The number of rotatable bonds is 16. The van der Waals surface area contributed by atoms with E-state index in [0.717, 1.165) is 12.8 Å². The SMILES string of the molecule is CC(C)N(C(C)C)P(=O)(Cl)CCC#N.[2H]C[C@H]1O[C@@H](n2cc(C)c(=O)n(N=P[P+](C)=O)c2=O)CC1O.[2H]C[C@H]1O[C@@H](n2cc(C)c(=O)n(N=P[P+](C)=O)c2=O)CC1OPOCCC#N.[3H]OC.[3H]OC.[CH2-]CC.[CH2-]CC.[Ni+2]. The largest absolute Gasteiger partial charge is 2.00 e. The van der Waals surface area contributed by atoms with Gasteiger partial charge in [0.25, 0.3) is 11.1 Å².